The van der Waals surface area contributed by atoms with Gasteiger partial charge < -0.3 is 14.7 Å². The molecular weight excluding hydrogens is 400 g/mol. The van der Waals surface area contributed by atoms with E-state index in [0.717, 1.165) is 69.9 Å². The Kier molecular flexibility index (Phi) is 6.76. The van der Waals surface area contributed by atoms with E-state index in [1.807, 2.05) is 12.1 Å². The number of ether oxygens (including phenoxy) is 1. The number of anilines is 1. The van der Waals surface area contributed by atoms with Crippen molar-refractivity contribution in [3.05, 3.63) is 47.4 Å². The number of rotatable bonds is 6. The maximum Gasteiger partial charge on any atom is 0.149 e. The Morgan fingerprint density at radius 3 is 2.60 bits per heavy atom. The predicted octanol–water partition coefficient (Wildman–Crippen LogP) is 4.09. The van der Waals surface area contributed by atoms with Crippen molar-refractivity contribution >= 4 is 17.4 Å². The van der Waals surface area contributed by atoms with Crippen molar-refractivity contribution in [2.75, 3.05) is 38.2 Å². The molecule has 4 rings (SSSR count). The number of hydrogen-bond donors (Lipinski definition) is 1. The molecule has 2 fully saturated rings. The number of halogens is 1. The standard InChI is InChI=1S/C23H31ClN4O2/c1-30-19-7-5-6-18(14-19)20(15-23(29)8-3-2-4-9-23)27-10-12-28(13-11-27)22-17-25-16-21(24)26-22/h5-7,14,16-17,20,29H,2-4,8-13,15H2,1H3. The van der Waals surface area contributed by atoms with E-state index in [4.69, 9.17) is 16.3 Å². The van der Waals surface area contributed by atoms with E-state index in [2.05, 4.69) is 31.9 Å². The first-order valence-electron chi connectivity index (χ1n) is 10.9. The minimum absolute atomic E-state index is 0.163. The summed E-state index contributed by atoms with van der Waals surface area (Å²) in [5.41, 5.74) is 0.631. The first-order valence-corrected chi connectivity index (χ1v) is 11.3. The molecule has 1 saturated heterocycles. The molecular formula is C23H31ClN4O2. The van der Waals surface area contributed by atoms with Gasteiger partial charge in [0, 0.05) is 32.2 Å². The third-order valence-corrected chi connectivity index (χ3v) is 6.69. The molecule has 2 aromatic rings. The zero-order valence-corrected chi connectivity index (χ0v) is 18.4. The van der Waals surface area contributed by atoms with Crippen molar-refractivity contribution in [2.45, 2.75) is 50.2 Å². The fourth-order valence-electron chi connectivity index (χ4n) is 4.83. The van der Waals surface area contributed by atoms with Crippen molar-refractivity contribution in [3.63, 3.8) is 0 Å². The van der Waals surface area contributed by atoms with E-state index >= 15 is 0 Å². The molecule has 2 heterocycles. The third-order valence-electron chi connectivity index (χ3n) is 6.51. The highest BCUT2D eigenvalue weighted by Crippen LogP contribution is 2.39. The van der Waals surface area contributed by atoms with Gasteiger partial charge in [0.15, 0.2) is 0 Å². The number of aliphatic hydroxyl groups is 1. The van der Waals surface area contributed by atoms with Crippen LogP contribution in [0.2, 0.25) is 5.15 Å². The summed E-state index contributed by atoms with van der Waals surface area (Å²) in [6.45, 7) is 3.50. The Hall–Kier alpha value is -1.89. The molecule has 0 amide bonds. The highest BCUT2D eigenvalue weighted by Gasteiger charge is 2.36. The highest BCUT2D eigenvalue weighted by molar-refractivity contribution is 6.29. The van der Waals surface area contributed by atoms with E-state index in [1.54, 1.807) is 19.5 Å². The van der Waals surface area contributed by atoms with Crippen molar-refractivity contribution < 1.29 is 9.84 Å². The summed E-state index contributed by atoms with van der Waals surface area (Å²) < 4.78 is 5.48. The minimum atomic E-state index is -0.582. The molecule has 6 nitrogen and oxygen atoms in total. The average molecular weight is 431 g/mol. The summed E-state index contributed by atoms with van der Waals surface area (Å²) in [4.78, 5) is 13.3. The fraction of sp³-hybridized carbons (Fsp3) is 0.565. The summed E-state index contributed by atoms with van der Waals surface area (Å²) in [5.74, 6) is 1.69. The van der Waals surface area contributed by atoms with Crippen LogP contribution in [0.1, 0.15) is 50.1 Å². The smallest absolute Gasteiger partial charge is 0.149 e. The Balaban J connectivity index is 1.52. The van der Waals surface area contributed by atoms with E-state index in [-0.39, 0.29) is 6.04 Å². The molecule has 1 unspecified atom stereocenters. The normalized spacial score (nSPS) is 20.7. The van der Waals surface area contributed by atoms with Crippen LogP contribution in [0.15, 0.2) is 36.7 Å². The van der Waals surface area contributed by atoms with Crippen molar-refractivity contribution in [2.24, 2.45) is 0 Å². The lowest BCUT2D eigenvalue weighted by atomic mass is 9.79. The van der Waals surface area contributed by atoms with Crippen LogP contribution in [0.3, 0.4) is 0 Å². The van der Waals surface area contributed by atoms with Crippen molar-refractivity contribution in [1.29, 1.82) is 0 Å². The van der Waals surface area contributed by atoms with Gasteiger partial charge in [0.25, 0.3) is 0 Å². The Bertz CT molecular complexity index is 835. The third kappa shape index (κ3) is 5.05. The largest absolute Gasteiger partial charge is 0.497 e. The maximum absolute atomic E-state index is 11.3. The van der Waals surface area contributed by atoms with E-state index in [0.29, 0.717) is 5.15 Å². The summed E-state index contributed by atoms with van der Waals surface area (Å²) in [6.07, 6.45) is 9.33. The van der Waals surface area contributed by atoms with Crippen LogP contribution in [0.4, 0.5) is 5.82 Å². The van der Waals surface area contributed by atoms with E-state index in [1.165, 1.54) is 12.0 Å². The Labute approximate surface area is 183 Å². The molecule has 30 heavy (non-hydrogen) atoms. The van der Waals surface area contributed by atoms with Gasteiger partial charge in [-0.1, -0.05) is 43.0 Å². The summed E-state index contributed by atoms with van der Waals surface area (Å²) in [7, 11) is 1.70. The van der Waals surface area contributed by atoms with Gasteiger partial charge in [0.2, 0.25) is 0 Å². The van der Waals surface area contributed by atoms with E-state index in [9.17, 15) is 5.11 Å². The van der Waals surface area contributed by atoms with Crippen LogP contribution in [0.25, 0.3) is 0 Å². The number of piperazine rings is 1. The van der Waals surface area contributed by atoms with Gasteiger partial charge in [-0.25, -0.2) is 4.98 Å². The molecule has 1 N–H and O–H groups in total. The zero-order valence-electron chi connectivity index (χ0n) is 17.6. The lowest BCUT2D eigenvalue weighted by Crippen LogP contribution is -2.49. The molecule has 2 aliphatic rings. The van der Waals surface area contributed by atoms with Gasteiger partial charge in [-0.3, -0.25) is 9.88 Å². The lowest BCUT2D eigenvalue weighted by Gasteiger charge is -2.43. The number of nitrogens with zero attached hydrogens (tertiary/aromatic N) is 4. The number of hydrogen-bond acceptors (Lipinski definition) is 6. The monoisotopic (exact) mass is 430 g/mol. The number of methoxy groups -OCH3 is 1. The first kappa shape index (κ1) is 21.3. The molecule has 1 aliphatic heterocycles. The summed E-state index contributed by atoms with van der Waals surface area (Å²) in [6, 6.07) is 8.46. The van der Waals surface area contributed by atoms with Crippen LogP contribution in [0.5, 0.6) is 5.75 Å². The molecule has 1 saturated carbocycles. The molecule has 0 radical (unpaired) electrons. The van der Waals surface area contributed by atoms with Crippen LogP contribution in [-0.2, 0) is 0 Å². The van der Waals surface area contributed by atoms with Crippen LogP contribution in [-0.4, -0.2) is 58.9 Å². The summed E-state index contributed by atoms with van der Waals surface area (Å²) >= 11 is 6.03. The average Bonchev–Trinajstić information content (AvgIpc) is 2.78. The highest BCUT2D eigenvalue weighted by atomic mass is 35.5. The minimum Gasteiger partial charge on any atom is -0.497 e. The van der Waals surface area contributed by atoms with Crippen molar-refractivity contribution in [1.82, 2.24) is 14.9 Å². The zero-order chi connectivity index (χ0) is 21.0. The second-order valence-corrected chi connectivity index (χ2v) is 8.89. The number of benzene rings is 1. The molecule has 1 aromatic heterocycles. The second kappa shape index (κ2) is 9.50. The SMILES string of the molecule is COc1cccc(C(CC2(O)CCCCC2)N2CCN(c3cncc(Cl)n3)CC2)c1. The van der Waals surface area contributed by atoms with Crippen molar-refractivity contribution in [3.8, 4) is 5.75 Å². The first-order chi connectivity index (χ1) is 14.6. The van der Waals surface area contributed by atoms with Gasteiger partial charge in [-0.15, -0.1) is 0 Å². The quantitative estimate of drug-likeness (QED) is 0.744. The second-order valence-electron chi connectivity index (χ2n) is 8.50. The van der Waals surface area contributed by atoms with Gasteiger partial charge in [-0.2, -0.15) is 0 Å². The fourth-order valence-corrected chi connectivity index (χ4v) is 4.97. The van der Waals surface area contributed by atoms with Crippen LogP contribution < -0.4 is 9.64 Å². The predicted molar refractivity (Wildman–Crippen MR) is 119 cm³/mol. The van der Waals surface area contributed by atoms with Gasteiger partial charge in [0.05, 0.1) is 25.1 Å². The maximum atomic E-state index is 11.3. The van der Waals surface area contributed by atoms with Gasteiger partial charge in [-0.05, 0) is 37.0 Å². The molecule has 0 spiro atoms. The molecule has 1 atom stereocenters. The molecule has 1 aliphatic carbocycles. The van der Waals surface area contributed by atoms with Gasteiger partial charge in [0.1, 0.15) is 16.7 Å². The molecule has 7 heteroatoms. The Morgan fingerprint density at radius 1 is 1.13 bits per heavy atom. The van der Waals surface area contributed by atoms with Gasteiger partial charge >= 0.3 is 0 Å². The van der Waals surface area contributed by atoms with Crippen LogP contribution in [0, 0.1) is 0 Å². The lowest BCUT2D eigenvalue weighted by molar-refractivity contribution is -0.0289. The topological polar surface area (TPSA) is 61.7 Å². The molecule has 162 valence electrons. The summed E-state index contributed by atoms with van der Waals surface area (Å²) in [5, 5.41) is 11.7. The van der Waals surface area contributed by atoms with E-state index < -0.39 is 5.60 Å². The molecule has 0 bridgehead atoms. The Morgan fingerprint density at radius 2 is 1.90 bits per heavy atom. The molecule has 1 aromatic carbocycles. The number of aromatic nitrogens is 2. The van der Waals surface area contributed by atoms with Crippen LogP contribution >= 0.6 is 11.6 Å².